The van der Waals surface area contributed by atoms with E-state index in [2.05, 4.69) is 64.4 Å². The molecule has 1 heterocycles. The monoisotopic (exact) mass is 391 g/mol. The highest BCUT2D eigenvalue weighted by molar-refractivity contribution is 9.10. The zero-order valence-electron chi connectivity index (χ0n) is 13.6. The molecule has 1 aliphatic carbocycles. The minimum Gasteiger partial charge on any atom is -0.258 e. The van der Waals surface area contributed by atoms with E-state index in [1.165, 1.54) is 24.1 Å². The summed E-state index contributed by atoms with van der Waals surface area (Å²) in [6.07, 6.45) is 4.78. The molecule has 1 fully saturated rings. The maximum Gasteiger partial charge on any atom is 0.206 e. The summed E-state index contributed by atoms with van der Waals surface area (Å²) in [4.78, 5) is 5.60. The summed E-state index contributed by atoms with van der Waals surface area (Å²) in [6, 6.07) is 8.40. The van der Waals surface area contributed by atoms with Gasteiger partial charge in [0.2, 0.25) is 4.80 Å². The molecule has 0 amide bonds. The number of thiazole rings is 1. The summed E-state index contributed by atoms with van der Waals surface area (Å²) in [6.45, 7) is 5.17. The molecule has 3 rings (SSSR count). The van der Waals surface area contributed by atoms with Gasteiger partial charge in [0, 0.05) is 27.7 Å². The molecule has 1 aromatic carbocycles. The molecule has 1 saturated carbocycles. The highest BCUT2D eigenvalue weighted by atomic mass is 79.9. The van der Waals surface area contributed by atoms with Gasteiger partial charge in [-0.25, -0.2) is 4.68 Å². The highest BCUT2D eigenvalue weighted by Gasteiger charge is 2.15. The topological polar surface area (TPSA) is 29.6 Å². The summed E-state index contributed by atoms with van der Waals surface area (Å²) in [7, 11) is 0. The van der Waals surface area contributed by atoms with Crippen molar-refractivity contribution in [3.8, 4) is 11.3 Å². The van der Waals surface area contributed by atoms with E-state index in [1.807, 2.05) is 4.68 Å². The molecular weight excluding hydrogens is 370 g/mol. The predicted molar refractivity (Wildman–Crippen MR) is 102 cm³/mol. The van der Waals surface area contributed by atoms with Gasteiger partial charge in [-0.1, -0.05) is 35.0 Å². The Morgan fingerprint density at radius 1 is 1.30 bits per heavy atom. The zero-order chi connectivity index (χ0) is 16.2. The Hall–Kier alpha value is -1.20. The van der Waals surface area contributed by atoms with Gasteiger partial charge in [0.15, 0.2) is 0 Å². The average molecular weight is 392 g/mol. The first-order valence-electron chi connectivity index (χ1n) is 8.21. The molecule has 5 heteroatoms. The summed E-state index contributed by atoms with van der Waals surface area (Å²) in [5, 5.41) is 7.14. The van der Waals surface area contributed by atoms with E-state index < -0.39 is 0 Å². The highest BCUT2D eigenvalue weighted by Crippen LogP contribution is 2.25. The molecule has 2 aromatic rings. The van der Waals surface area contributed by atoms with E-state index in [4.69, 9.17) is 5.10 Å². The Labute approximate surface area is 149 Å². The van der Waals surface area contributed by atoms with Crippen LogP contribution in [-0.2, 0) is 0 Å². The number of rotatable bonds is 3. The molecule has 0 N–H and O–H groups in total. The van der Waals surface area contributed by atoms with Gasteiger partial charge in [-0.05, 0) is 50.7 Å². The van der Waals surface area contributed by atoms with Gasteiger partial charge < -0.3 is 0 Å². The Bertz CT molecular complexity index is 755. The van der Waals surface area contributed by atoms with Gasteiger partial charge in [0.25, 0.3) is 0 Å². The van der Waals surface area contributed by atoms with Gasteiger partial charge in [-0.3, -0.25) is 4.99 Å². The van der Waals surface area contributed by atoms with E-state index in [-0.39, 0.29) is 0 Å². The summed E-state index contributed by atoms with van der Waals surface area (Å²) < 4.78 is 3.14. The SMILES string of the molecule is CCN=c1scc(-c2ccc(Br)cc2)n1N=C1CCCC(C)C1. The number of nitrogens with zero attached hydrogens (tertiary/aromatic N) is 3. The standard InChI is InChI=1S/C18H22BrN3S/c1-3-20-18-22(21-16-6-4-5-13(2)11-16)17(12-23-18)14-7-9-15(19)10-8-14/h7-10,12-13H,3-6,11H2,1-2H3. The van der Waals surface area contributed by atoms with Crippen molar-refractivity contribution in [2.75, 3.05) is 6.54 Å². The Morgan fingerprint density at radius 3 is 2.78 bits per heavy atom. The normalized spacial score (nSPS) is 21.1. The molecule has 0 bridgehead atoms. The second-order valence-corrected chi connectivity index (χ2v) is 7.82. The van der Waals surface area contributed by atoms with Gasteiger partial charge in [0.05, 0.1) is 5.69 Å². The fraction of sp³-hybridized carbons (Fsp3) is 0.444. The molecule has 23 heavy (non-hydrogen) atoms. The second-order valence-electron chi connectivity index (χ2n) is 6.06. The summed E-state index contributed by atoms with van der Waals surface area (Å²) >= 11 is 5.17. The van der Waals surface area contributed by atoms with E-state index in [9.17, 15) is 0 Å². The number of halogens is 1. The van der Waals surface area contributed by atoms with E-state index in [0.717, 1.165) is 40.3 Å². The van der Waals surface area contributed by atoms with Crippen molar-refractivity contribution in [1.29, 1.82) is 0 Å². The van der Waals surface area contributed by atoms with Crippen LogP contribution >= 0.6 is 27.3 Å². The first-order valence-corrected chi connectivity index (χ1v) is 9.88. The lowest BCUT2D eigenvalue weighted by Crippen LogP contribution is -2.18. The second kappa shape index (κ2) is 7.58. The number of benzene rings is 1. The minimum absolute atomic E-state index is 0.740. The van der Waals surface area contributed by atoms with Crippen LogP contribution in [0.4, 0.5) is 0 Å². The number of hydrogen-bond donors (Lipinski definition) is 0. The van der Waals surface area contributed by atoms with E-state index >= 15 is 0 Å². The fourth-order valence-corrected chi connectivity index (χ4v) is 4.11. The van der Waals surface area contributed by atoms with Gasteiger partial charge in [-0.15, -0.1) is 11.3 Å². The van der Waals surface area contributed by atoms with Crippen molar-refractivity contribution in [3.05, 3.63) is 38.9 Å². The maximum absolute atomic E-state index is 4.98. The lowest BCUT2D eigenvalue weighted by atomic mass is 9.89. The molecule has 122 valence electrons. The lowest BCUT2D eigenvalue weighted by Gasteiger charge is -2.19. The van der Waals surface area contributed by atoms with E-state index in [1.54, 1.807) is 11.3 Å². The van der Waals surface area contributed by atoms with Crippen LogP contribution in [0.25, 0.3) is 11.3 Å². The third-order valence-electron chi connectivity index (χ3n) is 4.11. The molecule has 1 unspecified atom stereocenters. The Kier molecular flexibility index (Phi) is 5.49. The van der Waals surface area contributed by atoms with Crippen LogP contribution in [0.3, 0.4) is 0 Å². The summed E-state index contributed by atoms with van der Waals surface area (Å²) in [5.74, 6) is 0.740. The maximum atomic E-state index is 4.98. The Balaban J connectivity index is 2.06. The minimum atomic E-state index is 0.740. The first kappa shape index (κ1) is 16.7. The third kappa shape index (κ3) is 4.01. The quantitative estimate of drug-likeness (QED) is 0.677. The molecule has 0 saturated heterocycles. The average Bonchev–Trinajstić information content (AvgIpc) is 2.91. The largest absolute Gasteiger partial charge is 0.258 e. The van der Waals surface area contributed by atoms with Gasteiger partial charge in [-0.2, -0.15) is 5.10 Å². The van der Waals surface area contributed by atoms with Crippen molar-refractivity contribution in [3.63, 3.8) is 0 Å². The number of aromatic nitrogens is 1. The van der Waals surface area contributed by atoms with Crippen molar-refractivity contribution in [2.45, 2.75) is 39.5 Å². The van der Waals surface area contributed by atoms with E-state index in [0.29, 0.717) is 0 Å². The molecule has 0 spiro atoms. The van der Waals surface area contributed by atoms with Crippen LogP contribution < -0.4 is 4.80 Å². The number of hydrogen-bond acceptors (Lipinski definition) is 3. The van der Waals surface area contributed by atoms with Crippen LogP contribution in [-0.4, -0.2) is 16.9 Å². The molecule has 1 atom stereocenters. The smallest absolute Gasteiger partial charge is 0.206 e. The Morgan fingerprint density at radius 2 is 2.09 bits per heavy atom. The van der Waals surface area contributed by atoms with Crippen molar-refractivity contribution in [1.82, 2.24) is 4.68 Å². The molecule has 1 aliphatic rings. The molecular formula is C18H22BrN3S. The van der Waals surface area contributed by atoms with Crippen molar-refractivity contribution in [2.24, 2.45) is 16.0 Å². The fourth-order valence-electron chi connectivity index (χ4n) is 2.95. The molecule has 0 radical (unpaired) electrons. The predicted octanol–water partition coefficient (Wildman–Crippen LogP) is 5.31. The van der Waals surface area contributed by atoms with Gasteiger partial charge >= 0.3 is 0 Å². The van der Waals surface area contributed by atoms with Crippen LogP contribution in [0.5, 0.6) is 0 Å². The van der Waals surface area contributed by atoms with Crippen LogP contribution in [0, 0.1) is 5.92 Å². The molecule has 1 aromatic heterocycles. The van der Waals surface area contributed by atoms with Crippen LogP contribution in [0.15, 0.2) is 44.2 Å². The third-order valence-corrected chi connectivity index (χ3v) is 5.49. The summed E-state index contributed by atoms with van der Waals surface area (Å²) in [5.41, 5.74) is 3.61. The van der Waals surface area contributed by atoms with Crippen molar-refractivity contribution >= 4 is 33.0 Å². The zero-order valence-corrected chi connectivity index (χ0v) is 16.0. The first-order chi connectivity index (χ1) is 11.2. The van der Waals surface area contributed by atoms with Crippen LogP contribution in [0.1, 0.15) is 39.5 Å². The molecule has 3 nitrogen and oxygen atoms in total. The lowest BCUT2D eigenvalue weighted by molar-refractivity contribution is 0.497. The van der Waals surface area contributed by atoms with Crippen LogP contribution in [0.2, 0.25) is 0 Å². The molecule has 0 aliphatic heterocycles. The van der Waals surface area contributed by atoms with Crippen molar-refractivity contribution < 1.29 is 0 Å². The van der Waals surface area contributed by atoms with Gasteiger partial charge in [0.1, 0.15) is 0 Å².